The fraction of sp³-hybridized carbons (Fsp3) is 0.407. The lowest BCUT2D eigenvalue weighted by atomic mass is 9.84. The lowest BCUT2D eigenvalue weighted by Crippen LogP contribution is -2.28. The number of allylic oxidation sites excluding steroid dienone is 1. The number of rotatable bonds is 14. The second kappa shape index (κ2) is 26.1. The first-order valence-corrected chi connectivity index (χ1v) is 23.6. The Hall–Kier alpha value is -6.92. The van der Waals surface area contributed by atoms with Crippen molar-refractivity contribution in [2.75, 3.05) is 36.1 Å². The molecule has 3 aliphatic rings. The third-order valence-corrected chi connectivity index (χ3v) is 10.7. The van der Waals surface area contributed by atoms with Gasteiger partial charge in [0, 0.05) is 46.7 Å². The number of ether oxygens (including phenoxy) is 3. The molecule has 1 atom stereocenters. The maximum absolute atomic E-state index is 11.9. The van der Waals surface area contributed by atoms with E-state index in [1.54, 1.807) is 0 Å². The van der Waals surface area contributed by atoms with Gasteiger partial charge in [-0.25, -0.2) is 4.79 Å². The Labute approximate surface area is 392 Å². The van der Waals surface area contributed by atoms with Crippen LogP contribution >= 0.6 is 0 Å². The largest absolute Gasteiger partial charge is 0.494 e. The van der Waals surface area contributed by atoms with Gasteiger partial charge in [0.15, 0.2) is 0 Å². The number of nitriles is 2. The monoisotopic (exact) mass is 896 g/mol. The predicted molar refractivity (Wildman–Crippen MR) is 269 cm³/mol. The number of nitrogens with zero attached hydrogens (tertiary/aromatic N) is 3. The number of benzene rings is 4. The molecule has 66 heavy (non-hydrogen) atoms. The van der Waals surface area contributed by atoms with Crippen molar-refractivity contribution >= 4 is 51.6 Å². The Morgan fingerprint density at radius 1 is 0.848 bits per heavy atom. The van der Waals surface area contributed by atoms with Crippen LogP contribution in [0, 0.1) is 34.5 Å². The van der Waals surface area contributed by atoms with Crippen molar-refractivity contribution in [3.05, 3.63) is 102 Å². The first-order chi connectivity index (χ1) is 32.1. The van der Waals surface area contributed by atoms with Crippen molar-refractivity contribution < 1.29 is 23.8 Å². The van der Waals surface area contributed by atoms with Gasteiger partial charge in [0.1, 0.15) is 23.6 Å². The number of fused-ring (bicyclic) bond motifs is 2. The quantitative estimate of drug-likeness (QED) is 0.0480. The van der Waals surface area contributed by atoms with Crippen LogP contribution in [0.25, 0.3) is 33.3 Å². The van der Waals surface area contributed by atoms with Crippen molar-refractivity contribution in [3.63, 3.8) is 0 Å². The van der Waals surface area contributed by atoms with Crippen LogP contribution in [0.2, 0.25) is 0 Å². The summed E-state index contributed by atoms with van der Waals surface area (Å²) >= 11 is 0. The second-order valence-corrected chi connectivity index (χ2v) is 15.9. The Morgan fingerprint density at radius 2 is 1.47 bits per heavy atom. The first kappa shape index (κ1) is 51.7. The Morgan fingerprint density at radius 3 is 2.00 bits per heavy atom. The topological polar surface area (TPSA) is 176 Å². The molecule has 0 saturated heterocycles. The highest BCUT2D eigenvalue weighted by Gasteiger charge is 2.39. The van der Waals surface area contributed by atoms with Gasteiger partial charge < -0.3 is 35.1 Å². The van der Waals surface area contributed by atoms with Gasteiger partial charge in [-0.1, -0.05) is 58.9 Å². The fourth-order valence-corrected chi connectivity index (χ4v) is 7.57. The van der Waals surface area contributed by atoms with Gasteiger partial charge in [0.05, 0.1) is 47.7 Å². The van der Waals surface area contributed by atoms with Gasteiger partial charge in [0.2, 0.25) is 6.41 Å². The molecule has 0 bridgehead atoms. The molecule has 1 aromatic heterocycles. The Kier molecular flexibility index (Phi) is 20.5. The van der Waals surface area contributed by atoms with E-state index in [0.29, 0.717) is 42.7 Å². The fourth-order valence-electron chi connectivity index (χ4n) is 7.57. The minimum absolute atomic E-state index is 0.170. The molecule has 0 radical (unpaired) electrons. The van der Waals surface area contributed by atoms with Crippen LogP contribution in [0.15, 0.2) is 84.9 Å². The van der Waals surface area contributed by atoms with E-state index < -0.39 is 6.09 Å². The highest BCUT2D eigenvalue weighted by molar-refractivity contribution is 6.05. The number of hydrogen-bond acceptors (Lipinski definition) is 9. The molecular weight excluding hydrogens is 827 g/mol. The van der Waals surface area contributed by atoms with Gasteiger partial charge in [-0.05, 0) is 143 Å². The number of carbonyl (C=O) groups excluding carboxylic acids is 2. The molecule has 4 aromatic carbocycles. The number of amides is 2. The zero-order valence-corrected chi connectivity index (χ0v) is 40.3. The highest BCUT2D eigenvalue weighted by atomic mass is 16.6. The van der Waals surface area contributed by atoms with Crippen LogP contribution in [0.3, 0.4) is 0 Å². The van der Waals surface area contributed by atoms with Crippen LogP contribution in [0.1, 0.15) is 111 Å². The van der Waals surface area contributed by atoms with Crippen LogP contribution in [0.5, 0.6) is 11.5 Å². The number of carbonyl (C=O) groups is 2. The highest BCUT2D eigenvalue weighted by Crippen LogP contribution is 2.48. The summed E-state index contributed by atoms with van der Waals surface area (Å²) in [5.41, 5.74) is 15.6. The summed E-state index contributed by atoms with van der Waals surface area (Å²) in [7, 11) is 0. The molecule has 1 aliphatic heterocycles. The molecule has 12 nitrogen and oxygen atoms in total. The van der Waals surface area contributed by atoms with Crippen molar-refractivity contribution in [2.45, 2.75) is 113 Å². The minimum Gasteiger partial charge on any atom is -0.494 e. The van der Waals surface area contributed by atoms with E-state index in [0.717, 1.165) is 86.8 Å². The number of aromatic nitrogens is 1. The number of nitrogen functional groups attached to an aromatic ring is 1. The summed E-state index contributed by atoms with van der Waals surface area (Å²) in [5.74, 6) is 2.79. The van der Waals surface area contributed by atoms with Crippen LogP contribution in [-0.2, 0) is 16.1 Å². The average Bonchev–Trinajstić information content (AvgIpc) is 4.28. The number of nitrogens with two attached hydrogens (primary N) is 1. The molecule has 5 aromatic rings. The summed E-state index contributed by atoms with van der Waals surface area (Å²) in [6.07, 6.45) is 5.89. The number of nitrogens with one attached hydrogen (secondary N) is 3. The van der Waals surface area contributed by atoms with Gasteiger partial charge in [-0.3, -0.25) is 10.1 Å². The summed E-state index contributed by atoms with van der Waals surface area (Å²) in [6, 6.07) is 32.3. The predicted octanol–water partition coefficient (Wildman–Crippen LogP) is 12.4. The maximum Gasteiger partial charge on any atom is 0.411 e. The molecule has 5 N–H and O–H groups in total. The molecular formula is C54H69N7O5. The molecule has 2 amide bonds. The van der Waals surface area contributed by atoms with Crippen molar-refractivity contribution in [2.24, 2.45) is 11.8 Å². The third kappa shape index (κ3) is 13.8. The molecule has 12 heteroatoms. The van der Waals surface area contributed by atoms with Gasteiger partial charge in [-0.2, -0.15) is 10.5 Å². The maximum atomic E-state index is 11.9. The van der Waals surface area contributed by atoms with Crippen LogP contribution < -0.4 is 31.2 Å². The summed E-state index contributed by atoms with van der Waals surface area (Å²) in [6.45, 7) is 20.4. The zero-order valence-electron chi connectivity index (χ0n) is 40.3. The molecule has 2 saturated carbocycles. The molecule has 2 aliphatic carbocycles. The van der Waals surface area contributed by atoms with E-state index in [-0.39, 0.29) is 12.1 Å². The van der Waals surface area contributed by atoms with E-state index in [2.05, 4.69) is 32.7 Å². The molecule has 8 rings (SSSR count). The van der Waals surface area contributed by atoms with E-state index in [1.807, 2.05) is 147 Å². The zero-order chi connectivity index (χ0) is 48.2. The number of anilines is 3. The van der Waals surface area contributed by atoms with E-state index in [9.17, 15) is 20.1 Å². The standard InChI is InChI=1S/C25H27N3O3.C21H21N3O.C4H9NO.2C2H6/c1-4-30-20-11-12-23-21(13-20)22(14-26)24(28(23)15-17-5-6-17)18-7-9-19(10-8-18)27-25(29)31-16(2)3;1-2-25-16-9-10-19-17(11-16)18(12-22)20(21(24-19)14-3-4-14)13-5-7-15(23)8-6-13;1-2-3-5-4-6;2*1-2/h7-13,16-17H,4-6,15H2,1-3H3,(H,27,29);5-11,14,21,24H,2-4,23H2,1H3;4H,2-3H2,1H3,(H,5,6);2*1-2H3. The van der Waals surface area contributed by atoms with Crippen LogP contribution in [0.4, 0.5) is 21.9 Å². The molecule has 1 unspecified atom stereocenters. The smallest absolute Gasteiger partial charge is 0.411 e. The molecule has 350 valence electrons. The third-order valence-electron chi connectivity index (χ3n) is 10.7. The van der Waals surface area contributed by atoms with E-state index in [1.165, 1.54) is 25.7 Å². The van der Waals surface area contributed by atoms with Crippen LogP contribution in [-0.4, -0.2) is 49.0 Å². The molecule has 2 heterocycles. The molecule has 2 fully saturated rings. The first-order valence-electron chi connectivity index (χ1n) is 23.6. The Balaban J connectivity index is 0.000000244. The van der Waals surface area contributed by atoms with Crippen molar-refractivity contribution in [1.82, 2.24) is 9.88 Å². The van der Waals surface area contributed by atoms with Gasteiger partial charge in [0.25, 0.3) is 0 Å². The minimum atomic E-state index is -0.480. The number of hydrogen-bond donors (Lipinski definition) is 4. The lowest BCUT2D eigenvalue weighted by molar-refractivity contribution is -0.109. The lowest BCUT2D eigenvalue weighted by Gasteiger charge is -2.31. The summed E-state index contributed by atoms with van der Waals surface area (Å²) in [4.78, 5) is 21.3. The van der Waals surface area contributed by atoms with E-state index >= 15 is 0 Å². The van der Waals surface area contributed by atoms with E-state index in [4.69, 9.17) is 19.9 Å². The Bertz CT molecular complexity index is 2450. The average molecular weight is 896 g/mol. The summed E-state index contributed by atoms with van der Waals surface area (Å²) < 4.78 is 18.7. The van der Waals surface area contributed by atoms with Crippen molar-refractivity contribution in [3.8, 4) is 34.9 Å². The molecule has 0 spiro atoms. The van der Waals surface area contributed by atoms with Gasteiger partial charge in [-0.15, -0.1) is 0 Å². The second-order valence-electron chi connectivity index (χ2n) is 15.9. The normalized spacial score (nSPS) is 14.3. The summed E-state index contributed by atoms with van der Waals surface area (Å²) in [5, 5.41) is 29.8. The SMILES string of the molecule is CC.CC.CCCNC=O.CCOc1ccc2c(c1)C(C#N)=C(c1ccc(N)cc1)C(C1CC1)N2.CCOc1ccc2c(c1)c(C#N)c(-c1ccc(NC(=O)OC(C)C)cc1)n2CC1CC1. The van der Waals surface area contributed by atoms with Crippen molar-refractivity contribution in [1.29, 1.82) is 10.5 Å². The van der Waals surface area contributed by atoms with Gasteiger partial charge >= 0.3 is 6.09 Å².